The first kappa shape index (κ1) is 30.9. The van der Waals surface area contributed by atoms with Crippen molar-refractivity contribution in [2.24, 2.45) is 14.1 Å². The number of rotatable bonds is 9. The molecule has 3 N–H and O–H groups in total. The summed E-state index contributed by atoms with van der Waals surface area (Å²) in [4.78, 5) is 54.8. The molecule has 1 unspecified atom stereocenters. The Hall–Kier alpha value is -5.14. The molecule has 236 valence electrons. The zero-order valence-corrected chi connectivity index (χ0v) is 26.5. The van der Waals surface area contributed by atoms with Gasteiger partial charge in [-0.15, -0.1) is 0 Å². The summed E-state index contributed by atoms with van der Waals surface area (Å²) in [7, 11) is 4.53. The molecule has 2 aromatic carbocycles. The molecule has 5 aromatic rings. The van der Waals surface area contributed by atoms with Gasteiger partial charge in [0, 0.05) is 56.5 Å². The lowest BCUT2D eigenvalue weighted by Gasteiger charge is -2.17. The van der Waals surface area contributed by atoms with Gasteiger partial charge < -0.3 is 20.7 Å². The van der Waals surface area contributed by atoms with Gasteiger partial charge in [-0.2, -0.15) is 0 Å². The van der Waals surface area contributed by atoms with Crippen LogP contribution in [0.3, 0.4) is 0 Å². The third-order valence-corrected chi connectivity index (χ3v) is 8.57. The van der Waals surface area contributed by atoms with Crippen LogP contribution in [0.25, 0.3) is 33.4 Å². The Bertz CT molecular complexity index is 2110. The maximum Gasteiger partial charge on any atom is 0.332 e. The molecule has 0 aliphatic carbocycles. The van der Waals surface area contributed by atoms with Gasteiger partial charge in [-0.3, -0.25) is 23.7 Å². The largest absolute Gasteiger partial charge is 0.480 e. The number of amides is 1. The molecule has 4 heterocycles. The van der Waals surface area contributed by atoms with Crippen LogP contribution in [0.1, 0.15) is 24.1 Å². The molecule has 13 nitrogen and oxygen atoms in total. The molecule has 0 radical (unpaired) electrons. The third-order valence-electron chi connectivity index (χ3n) is 8.16. The number of fused-ring (bicyclic) bond motifs is 1. The normalized spacial score (nSPS) is 14.5. The van der Waals surface area contributed by atoms with Crippen LogP contribution in [0.2, 0.25) is 5.02 Å². The lowest BCUT2D eigenvalue weighted by molar-refractivity contribution is -0.119. The highest BCUT2D eigenvalue weighted by atomic mass is 35.5. The highest BCUT2D eigenvalue weighted by Gasteiger charge is 2.21. The lowest BCUT2D eigenvalue weighted by Crippen LogP contribution is -2.37. The van der Waals surface area contributed by atoms with Crippen LogP contribution >= 0.6 is 11.6 Å². The lowest BCUT2D eigenvalue weighted by atomic mass is 9.96. The topological polar surface area (TPSA) is 158 Å². The molecule has 0 saturated carbocycles. The van der Waals surface area contributed by atoms with E-state index in [-0.39, 0.29) is 28.8 Å². The zero-order valence-electron chi connectivity index (χ0n) is 25.7. The predicted octanol–water partition coefficient (Wildman–Crippen LogP) is 3.23. The molecule has 1 saturated heterocycles. The summed E-state index contributed by atoms with van der Waals surface area (Å²) in [6, 6.07) is 11.5. The second kappa shape index (κ2) is 12.7. The average Bonchev–Trinajstić information content (AvgIpc) is 3.48. The van der Waals surface area contributed by atoms with E-state index in [9.17, 15) is 14.4 Å². The van der Waals surface area contributed by atoms with Gasteiger partial charge in [-0.25, -0.2) is 19.7 Å². The van der Waals surface area contributed by atoms with Gasteiger partial charge in [-0.05, 0) is 30.5 Å². The number of nitrogens with zero attached hydrogens (tertiary/aromatic N) is 6. The molecule has 6 rings (SSSR count). The van der Waals surface area contributed by atoms with E-state index in [4.69, 9.17) is 21.3 Å². The Morgan fingerprint density at radius 1 is 1.02 bits per heavy atom. The quantitative estimate of drug-likeness (QED) is 0.218. The van der Waals surface area contributed by atoms with E-state index in [1.54, 1.807) is 20.4 Å². The molecule has 46 heavy (non-hydrogen) atoms. The number of methoxy groups -OCH3 is 1. The van der Waals surface area contributed by atoms with Crippen molar-refractivity contribution in [2.75, 3.05) is 19.0 Å². The van der Waals surface area contributed by atoms with Crippen LogP contribution in [-0.2, 0) is 25.4 Å². The Labute approximate surface area is 268 Å². The highest BCUT2D eigenvalue weighted by Crippen LogP contribution is 2.39. The van der Waals surface area contributed by atoms with Crippen LogP contribution in [-0.4, -0.2) is 54.7 Å². The van der Waals surface area contributed by atoms with Gasteiger partial charge in [0.25, 0.3) is 5.56 Å². The number of benzene rings is 2. The van der Waals surface area contributed by atoms with Crippen molar-refractivity contribution >= 4 is 40.0 Å². The van der Waals surface area contributed by atoms with Crippen LogP contribution in [0.5, 0.6) is 5.88 Å². The maximum atomic E-state index is 13.1. The second-order valence-corrected chi connectivity index (χ2v) is 11.4. The van der Waals surface area contributed by atoms with Crippen molar-refractivity contribution in [2.45, 2.75) is 32.4 Å². The highest BCUT2D eigenvalue weighted by molar-refractivity contribution is 6.36. The molecule has 0 bridgehead atoms. The fourth-order valence-corrected chi connectivity index (χ4v) is 5.95. The SMILES string of the molecule is COc1nc(-c2cccc(-c3cccc(Nc4ncnc5c4c(=O)n(C)c(=O)n5C)c3C)c2Cl)cnc1CNCC1CCC(=O)N1. The van der Waals surface area contributed by atoms with E-state index in [0.29, 0.717) is 53.1 Å². The predicted molar refractivity (Wildman–Crippen MR) is 175 cm³/mol. The van der Waals surface area contributed by atoms with Gasteiger partial charge in [0.2, 0.25) is 11.8 Å². The van der Waals surface area contributed by atoms with Gasteiger partial charge >= 0.3 is 5.69 Å². The van der Waals surface area contributed by atoms with Crippen molar-refractivity contribution in [1.29, 1.82) is 0 Å². The third kappa shape index (κ3) is 5.70. The Kier molecular flexibility index (Phi) is 8.52. The monoisotopic (exact) mass is 641 g/mol. The number of nitrogens with one attached hydrogen (secondary N) is 3. The molecule has 0 spiro atoms. The van der Waals surface area contributed by atoms with Crippen molar-refractivity contribution in [1.82, 2.24) is 39.7 Å². The van der Waals surface area contributed by atoms with E-state index in [1.165, 1.54) is 17.9 Å². The molecule has 1 atom stereocenters. The van der Waals surface area contributed by atoms with Gasteiger partial charge in [-0.1, -0.05) is 41.9 Å². The summed E-state index contributed by atoms with van der Waals surface area (Å²) >= 11 is 7.04. The number of anilines is 2. The van der Waals surface area contributed by atoms with Crippen LogP contribution < -0.4 is 31.9 Å². The average molecular weight is 642 g/mol. The zero-order chi connectivity index (χ0) is 32.5. The molecule has 1 amide bonds. The number of aryl methyl sites for hydroxylation is 1. The summed E-state index contributed by atoms with van der Waals surface area (Å²) in [6.45, 7) is 3.00. The van der Waals surface area contributed by atoms with Gasteiger partial charge in [0.1, 0.15) is 23.2 Å². The molecule has 1 aliphatic rings. The number of hydrogen-bond acceptors (Lipinski definition) is 10. The Morgan fingerprint density at radius 2 is 1.78 bits per heavy atom. The van der Waals surface area contributed by atoms with E-state index >= 15 is 0 Å². The Balaban J connectivity index is 1.30. The molecular formula is C32H32ClN9O4. The minimum Gasteiger partial charge on any atom is -0.480 e. The summed E-state index contributed by atoms with van der Waals surface area (Å²) in [5.74, 6) is 0.739. The fraction of sp³-hybridized carbons (Fsp3) is 0.281. The van der Waals surface area contributed by atoms with Crippen LogP contribution in [0.4, 0.5) is 11.5 Å². The van der Waals surface area contributed by atoms with Crippen LogP contribution in [0, 0.1) is 6.92 Å². The number of aromatic nitrogens is 6. The first-order valence-corrected chi connectivity index (χ1v) is 15.0. The first-order valence-electron chi connectivity index (χ1n) is 14.6. The van der Waals surface area contributed by atoms with Crippen molar-refractivity contribution < 1.29 is 9.53 Å². The van der Waals surface area contributed by atoms with Crippen molar-refractivity contribution in [3.63, 3.8) is 0 Å². The summed E-state index contributed by atoms with van der Waals surface area (Å²) in [5.41, 5.74) is 4.33. The van der Waals surface area contributed by atoms with E-state index < -0.39 is 11.2 Å². The van der Waals surface area contributed by atoms with Crippen molar-refractivity contribution in [3.8, 4) is 28.3 Å². The number of ether oxygens (including phenoxy) is 1. The fourth-order valence-electron chi connectivity index (χ4n) is 5.63. The Morgan fingerprint density at radius 3 is 2.54 bits per heavy atom. The summed E-state index contributed by atoms with van der Waals surface area (Å²) in [5, 5.41) is 10.2. The molecule has 14 heteroatoms. The first-order chi connectivity index (χ1) is 22.2. The number of carbonyl (C=O) groups is 1. The number of carbonyl (C=O) groups excluding carboxylic acids is 1. The van der Waals surface area contributed by atoms with Crippen molar-refractivity contribution in [3.05, 3.63) is 86.0 Å². The number of halogens is 1. The summed E-state index contributed by atoms with van der Waals surface area (Å²) < 4.78 is 7.91. The standard InChI is InChI=1S/C32H32ClN9O4/c1-17-19(7-6-10-22(17)39-28-26-29(37-16-36-28)41(2)32(45)42(3)31(26)44)20-8-5-9-21(27(20)33)23-15-35-24(30(40-23)46-4)14-34-13-18-11-12-25(43)38-18/h5-10,15-16,18,34H,11-14H2,1-4H3,(H,38,43)(H,36,37,39). The molecule has 1 aliphatic heterocycles. The minimum atomic E-state index is -0.494. The molecule has 3 aromatic heterocycles. The van der Waals surface area contributed by atoms with E-state index in [1.807, 2.05) is 43.3 Å². The van der Waals surface area contributed by atoms with E-state index in [0.717, 1.165) is 27.7 Å². The van der Waals surface area contributed by atoms with Crippen LogP contribution in [0.15, 0.2) is 58.5 Å². The van der Waals surface area contributed by atoms with Gasteiger partial charge in [0.15, 0.2) is 5.65 Å². The smallest absolute Gasteiger partial charge is 0.332 e. The number of hydrogen-bond donors (Lipinski definition) is 3. The van der Waals surface area contributed by atoms with E-state index in [2.05, 4.69) is 30.9 Å². The minimum absolute atomic E-state index is 0.0754. The molecule has 1 fully saturated rings. The summed E-state index contributed by atoms with van der Waals surface area (Å²) in [6.07, 6.45) is 4.34. The van der Waals surface area contributed by atoms with Gasteiger partial charge in [0.05, 0.1) is 24.0 Å². The maximum absolute atomic E-state index is 13.1. The molecular weight excluding hydrogens is 610 g/mol. The second-order valence-electron chi connectivity index (χ2n) is 11.0.